The van der Waals surface area contributed by atoms with E-state index in [0.29, 0.717) is 30.0 Å². The van der Waals surface area contributed by atoms with E-state index in [2.05, 4.69) is 20.3 Å². The third-order valence-corrected chi connectivity index (χ3v) is 4.64. The van der Waals surface area contributed by atoms with Crippen molar-refractivity contribution in [1.29, 1.82) is 0 Å². The molecule has 130 valence electrons. The van der Waals surface area contributed by atoms with Crippen LogP contribution >= 0.6 is 0 Å². The lowest BCUT2D eigenvalue weighted by Gasteiger charge is -2.17. The summed E-state index contributed by atoms with van der Waals surface area (Å²) in [6, 6.07) is 0.202. The number of imidazole rings is 1. The molecule has 5 unspecified atom stereocenters. The maximum Gasteiger partial charge on any atom is 0.167 e. The zero-order valence-corrected chi connectivity index (χ0v) is 13.4. The molecule has 2 aliphatic rings. The molecule has 0 radical (unpaired) electrons. The van der Waals surface area contributed by atoms with Crippen LogP contribution in [0.2, 0.25) is 0 Å². The molecule has 2 aromatic heterocycles. The Balaban J connectivity index is 1.65. The van der Waals surface area contributed by atoms with E-state index in [4.69, 9.17) is 9.47 Å². The van der Waals surface area contributed by atoms with Crippen molar-refractivity contribution in [1.82, 2.24) is 19.5 Å². The van der Waals surface area contributed by atoms with Crippen molar-refractivity contribution >= 4 is 17.0 Å². The molecular formula is C15H21N5O4. The average Bonchev–Trinajstić information content (AvgIpc) is 3.30. The summed E-state index contributed by atoms with van der Waals surface area (Å²) in [6.45, 7) is 3.28. The fraction of sp³-hybridized carbons (Fsp3) is 0.667. The topological polar surface area (TPSA) is 115 Å². The highest BCUT2D eigenvalue weighted by Gasteiger charge is 2.43. The first-order valence-electron chi connectivity index (χ1n) is 8.22. The molecule has 4 heterocycles. The van der Waals surface area contributed by atoms with E-state index in [1.165, 1.54) is 6.33 Å². The molecule has 24 heavy (non-hydrogen) atoms. The van der Waals surface area contributed by atoms with Crippen LogP contribution in [0.4, 0.5) is 5.82 Å². The highest BCUT2D eigenvalue weighted by molar-refractivity contribution is 5.82. The lowest BCUT2D eigenvalue weighted by Crippen LogP contribution is -2.31. The summed E-state index contributed by atoms with van der Waals surface area (Å²) in [7, 11) is 0. The summed E-state index contributed by atoms with van der Waals surface area (Å²) in [5, 5.41) is 23.7. The van der Waals surface area contributed by atoms with Gasteiger partial charge in [-0.25, -0.2) is 15.0 Å². The zero-order valence-electron chi connectivity index (χ0n) is 13.4. The molecule has 0 bridgehead atoms. The summed E-state index contributed by atoms with van der Waals surface area (Å²) < 4.78 is 12.8. The van der Waals surface area contributed by atoms with Crippen LogP contribution < -0.4 is 5.32 Å². The third kappa shape index (κ3) is 2.53. The van der Waals surface area contributed by atoms with Gasteiger partial charge in [0.2, 0.25) is 0 Å². The van der Waals surface area contributed by atoms with Crippen molar-refractivity contribution in [3.8, 4) is 0 Å². The molecule has 9 nitrogen and oxygen atoms in total. The molecule has 5 atom stereocenters. The van der Waals surface area contributed by atoms with Crippen LogP contribution in [0.3, 0.4) is 0 Å². The SMILES string of the molecule is CCC1OC(n2cnc3c(NC4CCOC4)ncnc32)C(O)C1O. The van der Waals surface area contributed by atoms with E-state index < -0.39 is 24.5 Å². The van der Waals surface area contributed by atoms with Gasteiger partial charge in [-0.05, 0) is 12.8 Å². The lowest BCUT2D eigenvalue weighted by atomic mass is 10.1. The van der Waals surface area contributed by atoms with E-state index in [-0.39, 0.29) is 6.04 Å². The molecule has 2 aliphatic heterocycles. The molecule has 0 aromatic carbocycles. The minimum atomic E-state index is -1.03. The predicted molar refractivity (Wildman–Crippen MR) is 84.4 cm³/mol. The minimum Gasteiger partial charge on any atom is -0.388 e. The summed E-state index contributed by atoms with van der Waals surface area (Å²) >= 11 is 0. The van der Waals surface area contributed by atoms with E-state index in [1.807, 2.05) is 6.92 Å². The van der Waals surface area contributed by atoms with Crippen LogP contribution in [0.15, 0.2) is 12.7 Å². The molecule has 9 heteroatoms. The second kappa shape index (κ2) is 6.25. The number of nitrogens with zero attached hydrogens (tertiary/aromatic N) is 4. The Kier molecular flexibility index (Phi) is 4.09. The first-order valence-corrected chi connectivity index (χ1v) is 8.22. The number of ether oxygens (including phenoxy) is 2. The smallest absolute Gasteiger partial charge is 0.167 e. The van der Waals surface area contributed by atoms with Crippen LogP contribution in [0.25, 0.3) is 11.2 Å². The van der Waals surface area contributed by atoms with E-state index in [9.17, 15) is 10.2 Å². The number of fused-ring (bicyclic) bond motifs is 1. The van der Waals surface area contributed by atoms with Crippen LogP contribution in [0.5, 0.6) is 0 Å². The molecule has 2 saturated heterocycles. The molecule has 0 saturated carbocycles. The Labute approximate surface area is 138 Å². The molecule has 3 N–H and O–H groups in total. The van der Waals surface area contributed by atoms with Gasteiger partial charge >= 0.3 is 0 Å². The number of rotatable bonds is 4. The van der Waals surface area contributed by atoms with E-state index in [1.54, 1.807) is 10.9 Å². The monoisotopic (exact) mass is 335 g/mol. The summed E-state index contributed by atoms with van der Waals surface area (Å²) in [6.07, 6.45) is 1.48. The Bertz CT molecular complexity index is 717. The fourth-order valence-corrected chi connectivity index (χ4v) is 3.28. The van der Waals surface area contributed by atoms with Crippen LogP contribution in [-0.4, -0.2) is 67.3 Å². The molecule has 0 spiro atoms. The van der Waals surface area contributed by atoms with Gasteiger partial charge < -0.3 is 25.0 Å². The van der Waals surface area contributed by atoms with Crippen molar-refractivity contribution < 1.29 is 19.7 Å². The molecule has 0 amide bonds. The predicted octanol–water partition coefficient (Wildman–Crippen LogP) is 0.0563. The number of aliphatic hydroxyl groups excluding tert-OH is 2. The number of hydrogen-bond acceptors (Lipinski definition) is 8. The second-order valence-electron chi connectivity index (χ2n) is 6.21. The van der Waals surface area contributed by atoms with Crippen molar-refractivity contribution in [2.24, 2.45) is 0 Å². The van der Waals surface area contributed by atoms with Crippen molar-refractivity contribution in [2.45, 2.75) is 50.3 Å². The summed E-state index contributed by atoms with van der Waals surface area (Å²) in [5.41, 5.74) is 1.16. The fourth-order valence-electron chi connectivity index (χ4n) is 3.28. The average molecular weight is 335 g/mol. The van der Waals surface area contributed by atoms with Crippen molar-refractivity contribution in [3.05, 3.63) is 12.7 Å². The Morgan fingerprint density at radius 1 is 1.29 bits per heavy atom. The number of aliphatic hydroxyl groups is 2. The molecular weight excluding hydrogens is 314 g/mol. The summed E-state index contributed by atoms with van der Waals surface area (Å²) in [4.78, 5) is 12.9. The lowest BCUT2D eigenvalue weighted by molar-refractivity contribution is -0.0355. The van der Waals surface area contributed by atoms with Crippen molar-refractivity contribution in [3.63, 3.8) is 0 Å². The highest BCUT2D eigenvalue weighted by Crippen LogP contribution is 2.33. The quantitative estimate of drug-likeness (QED) is 0.718. The van der Waals surface area contributed by atoms with Gasteiger partial charge in [0.15, 0.2) is 23.2 Å². The van der Waals surface area contributed by atoms with Gasteiger partial charge in [0.25, 0.3) is 0 Å². The van der Waals surface area contributed by atoms with Gasteiger partial charge in [-0.1, -0.05) is 6.92 Å². The Morgan fingerprint density at radius 2 is 2.17 bits per heavy atom. The molecule has 2 fully saturated rings. The zero-order chi connectivity index (χ0) is 16.7. The van der Waals surface area contributed by atoms with E-state index >= 15 is 0 Å². The van der Waals surface area contributed by atoms with Gasteiger partial charge in [-0.2, -0.15) is 0 Å². The maximum atomic E-state index is 10.3. The Morgan fingerprint density at radius 3 is 2.88 bits per heavy atom. The van der Waals surface area contributed by atoms with Crippen LogP contribution in [-0.2, 0) is 9.47 Å². The summed E-state index contributed by atoms with van der Waals surface area (Å²) in [5.74, 6) is 0.634. The van der Waals surface area contributed by atoms with Gasteiger partial charge in [0.1, 0.15) is 18.5 Å². The standard InChI is InChI=1S/C15H21N5O4/c1-2-9-11(21)12(22)15(24-9)20-7-18-10-13(16-6-17-14(10)20)19-8-3-4-23-5-8/h6-9,11-12,15,21-22H,2-5H2,1H3,(H,16,17,19). The maximum absolute atomic E-state index is 10.3. The molecule has 2 aromatic rings. The highest BCUT2D eigenvalue weighted by atomic mass is 16.6. The first-order chi connectivity index (χ1) is 11.7. The number of hydrogen-bond donors (Lipinski definition) is 3. The van der Waals surface area contributed by atoms with Crippen LogP contribution in [0.1, 0.15) is 26.0 Å². The molecule has 0 aliphatic carbocycles. The van der Waals surface area contributed by atoms with Gasteiger partial charge in [0, 0.05) is 6.61 Å². The normalized spacial score (nSPS) is 33.4. The van der Waals surface area contributed by atoms with E-state index in [0.717, 1.165) is 13.0 Å². The van der Waals surface area contributed by atoms with Gasteiger partial charge in [-0.3, -0.25) is 4.57 Å². The number of aromatic nitrogens is 4. The van der Waals surface area contributed by atoms with Gasteiger partial charge in [-0.15, -0.1) is 0 Å². The first kappa shape index (κ1) is 15.7. The number of anilines is 1. The van der Waals surface area contributed by atoms with Crippen LogP contribution in [0, 0.1) is 0 Å². The minimum absolute atomic E-state index is 0.202. The second-order valence-corrected chi connectivity index (χ2v) is 6.21. The largest absolute Gasteiger partial charge is 0.388 e. The molecule has 4 rings (SSSR count). The van der Waals surface area contributed by atoms with Crippen molar-refractivity contribution in [2.75, 3.05) is 18.5 Å². The van der Waals surface area contributed by atoms with Gasteiger partial charge in [0.05, 0.1) is 25.1 Å². The number of nitrogens with one attached hydrogen (secondary N) is 1. The Hall–Kier alpha value is -1.81. The third-order valence-electron chi connectivity index (χ3n) is 4.64.